The zero-order chi connectivity index (χ0) is 22.9. The number of fused-ring (bicyclic) bond motifs is 2. The van der Waals surface area contributed by atoms with Gasteiger partial charge in [0.15, 0.2) is 0 Å². The van der Waals surface area contributed by atoms with Crippen LogP contribution in [0.1, 0.15) is 39.1 Å². The fraction of sp³-hybridized carbons (Fsp3) is 0.154. The summed E-state index contributed by atoms with van der Waals surface area (Å²) in [7, 11) is 0. The van der Waals surface area contributed by atoms with E-state index < -0.39 is 0 Å². The molecular formula is C26H22N4O3. The van der Waals surface area contributed by atoms with Gasteiger partial charge in [0.25, 0.3) is 11.8 Å². The molecule has 0 fully saturated rings. The molecule has 1 aliphatic rings. The Hall–Kier alpha value is -4.26. The summed E-state index contributed by atoms with van der Waals surface area (Å²) in [6, 6.07) is 18.5. The lowest BCUT2D eigenvalue weighted by Crippen LogP contribution is -2.31. The van der Waals surface area contributed by atoms with Crippen LogP contribution in [-0.2, 0) is 4.79 Å². The second-order valence-electron chi connectivity index (χ2n) is 8.08. The summed E-state index contributed by atoms with van der Waals surface area (Å²) in [6.07, 6.45) is 4.48. The van der Waals surface area contributed by atoms with Crippen molar-refractivity contribution in [1.29, 1.82) is 0 Å². The highest BCUT2D eigenvalue weighted by Crippen LogP contribution is 2.26. The number of anilines is 1. The van der Waals surface area contributed by atoms with Crippen LogP contribution in [0, 0.1) is 6.92 Å². The first-order valence-corrected chi connectivity index (χ1v) is 10.8. The number of nitrogens with one attached hydrogen (secondary N) is 1. The van der Waals surface area contributed by atoms with E-state index >= 15 is 0 Å². The lowest BCUT2D eigenvalue weighted by Gasteiger charge is -2.14. The molecule has 0 bridgehead atoms. The van der Waals surface area contributed by atoms with Gasteiger partial charge >= 0.3 is 0 Å². The Balaban J connectivity index is 1.23. The average Bonchev–Trinajstić information content (AvgIpc) is 3.36. The number of rotatable bonds is 6. The molecule has 0 saturated carbocycles. The van der Waals surface area contributed by atoms with Crippen LogP contribution < -0.4 is 5.32 Å². The number of nitrogens with zero attached hydrogens (tertiary/aromatic N) is 3. The fourth-order valence-electron chi connectivity index (χ4n) is 4.04. The molecule has 0 saturated heterocycles. The standard InChI is InChI=1S/C26H22N4O3/c1-17-11-12-18(22-16-29-13-5-4-9-23(29)27-22)15-21(17)28-24(31)10-6-14-30-25(32)19-7-2-3-8-20(19)26(30)33/h2-5,7-9,11-13,15-16H,6,10,14H2,1H3,(H,28,31). The summed E-state index contributed by atoms with van der Waals surface area (Å²) >= 11 is 0. The summed E-state index contributed by atoms with van der Waals surface area (Å²) in [6.45, 7) is 2.14. The Bertz CT molecular complexity index is 1340. The molecule has 4 aromatic rings. The first-order valence-electron chi connectivity index (χ1n) is 10.8. The van der Waals surface area contributed by atoms with Crippen LogP contribution in [0.5, 0.6) is 0 Å². The Morgan fingerprint density at radius 1 is 0.970 bits per heavy atom. The smallest absolute Gasteiger partial charge is 0.261 e. The number of amides is 3. The van der Waals surface area contributed by atoms with Gasteiger partial charge in [0.2, 0.25) is 5.91 Å². The van der Waals surface area contributed by atoms with E-state index in [1.54, 1.807) is 24.3 Å². The van der Waals surface area contributed by atoms with Gasteiger partial charge in [-0.25, -0.2) is 4.98 Å². The van der Waals surface area contributed by atoms with Crippen molar-refractivity contribution < 1.29 is 14.4 Å². The number of hydrogen-bond donors (Lipinski definition) is 1. The van der Waals surface area contributed by atoms with Gasteiger partial charge in [-0.3, -0.25) is 19.3 Å². The van der Waals surface area contributed by atoms with Crippen molar-refractivity contribution >= 4 is 29.1 Å². The van der Waals surface area contributed by atoms with Gasteiger partial charge in [-0.2, -0.15) is 0 Å². The topological polar surface area (TPSA) is 83.8 Å². The summed E-state index contributed by atoms with van der Waals surface area (Å²) < 4.78 is 1.95. The number of carbonyl (C=O) groups is 3. The lowest BCUT2D eigenvalue weighted by molar-refractivity contribution is -0.116. The number of pyridine rings is 1. The SMILES string of the molecule is Cc1ccc(-c2cn3ccccc3n2)cc1NC(=O)CCCN1C(=O)c2ccccc2C1=O. The molecule has 1 aliphatic heterocycles. The predicted octanol–water partition coefficient (Wildman–Crippen LogP) is 4.32. The lowest BCUT2D eigenvalue weighted by atomic mass is 10.1. The molecule has 2 aromatic heterocycles. The molecule has 7 heteroatoms. The number of benzene rings is 2. The van der Waals surface area contributed by atoms with Crippen molar-refractivity contribution in [3.05, 3.63) is 89.7 Å². The number of aromatic nitrogens is 2. The van der Waals surface area contributed by atoms with Crippen LogP contribution in [0.4, 0.5) is 5.69 Å². The molecule has 0 spiro atoms. The number of imidazole rings is 1. The average molecular weight is 438 g/mol. The van der Waals surface area contributed by atoms with E-state index in [2.05, 4.69) is 10.3 Å². The van der Waals surface area contributed by atoms with Crippen LogP contribution in [-0.4, -0.2) is 38.6 Å². The first kappa shape index (κ1) is 20.6. The van der Waals surface area contributed by atoms with Gasteiger partial charge in [-0.05, 0) is 49.2 Å². The van der Waals surface area contributed by atoms with E-state index in [1.807, 2.05) is 60.1 Å². The highest BCUT2D eigenvalue weighted by Gasteiger charge is 2.34. The van der Waals surface area contributed by atoms with E-state index in [0.717, 1.165) is 28.2 Å². The zero-order valence-corrected chi connectivity index (χ0v) is 18.1. The number of imide groups is 1. The third kappa shape index (κ3) is 3.89. The van der Waals surface area contributed by atoms with Crippen LogP contribution in [0.2, 0.25) is 0 Å². The number of aryl methyl sites for hydroxylation is 1. The Kier molecular flexibility index (Phi) is 5.22. The van der Waals surface area contributed by atoms with Gasteiger partial charge in [0.05, 0.1) is 16.8 Å². The molecule has 3 heterocycles. The maximum Gasteiger partial charge on any atom is 0.261 e. The van der Waals surface area contributed by atoms with E-state index in [4.69, 9.17) is 0 Å². The minimum Gasteiger partial charge on any atom is -0.326 e. The normalized spacial score (nSPS) is 12.9. The Labute approximate surface area is 190 Å². The molecular weight excluding hydrogens is 416 g/mol. The first-order chi connectivity index (χ1) is 16.0. The van der Waals surface area contributed by atoms with Crippen molar-refractivity contribution in [2.24, 2.45) is 0 Å². The number of carbonyl (C=O) groups excluding carboxylic acids is 3. The quantitative estimate of drug-likeness (QED) is 0.454. The molecule has 7 nitrogen and oxygen atoms in total. The van der Waals surface area contributed by atoms with Gasteiger partial charge < -0.3 is 9.72 Å². The van der Waals surface area contributed by atoms with Crippen LogP contribution in [0.25, 0.3) is 16.9 Å². The minimum absolute atomic E-state index is 0.165. The highest BCUT2D eigenvalue weighted by atomic mass is 16.2. The van der Waals surface area contributed by atoms with E-state index in [0.29, 0.717) is 17.5 Å². The molecule has 0 radical (unpaired) electrons. The third-order valence-electron chi connectivity index (χ3n) is 5.84. The molecule has 164 valence electrons. The van der Waals surface area contributed by atoms with Crippen molar-refractivity contribution in [3.8, 4) is 11.3 Å². The van der Waals surface area contributed by atoms with E-state index in [-0.39, 0.29) is 30.7 Å². The van der Waals surface area contributed by atoms with Crippen LogP contribution >= 0.6 is 0 Å². The Morgan fingerprint density at radius 2 is 1.70 bits per heavy atom. The molecule has 0 unspecified atom stereocenters. The Morgan fingerprint density at radius 3 is 2.42 bits per heavy atom. The van der Waals surface area contributed by atoms with Crippen molar-refractivity contribution in [2.75, 3.05) is 11.9 Å². The monoisotopic (exact) mass is 438 g/mol. The molecule has 1 N–H and O–H groups in total. The molecule has 0 atom stereocenters. The molecule has 0 aliphatic carbocycles. The van der Waals surface area contributed by atoms with Crippen LogP contribution in [0.15, 0.2) is 73.1 Å². The van der Waals surface area contributed by atoms with Gasteiger partial charge in [-0.1, -0.05) is 30.3 Å². The molecule has 5 rings (SSSR count). The summed E-state index contributed by atoms with van der Waals surface area (Å²) in [5, 5.41) is 2.96. The maximum absolute atomic E-state index is 12.6. The van der Waals surface area contributed by atoms with Gasteiger partial charge in [0, 0.05) is 36.6 Å². The highest BCUT2D eigenvalue weighted by molar-refractivity contribution is 6.21. The molecule has 2 aromatic carbocycles. The van der Waals surface area contributed by atoms with Crippen molar-refractivity contribution in [1.82, 2.24) is 14.3 Å². The van der Waals surface area contributed by atoms with Gasteiger partial charge in [-0.15, -0.1) is 0 Å². The van der Waals surface area contributed by atoms with Crippen molar-refractivity contribution in [3.63, 3.8) is 0 Å². The third-order valence-corrected chi connectivity index (χ3v) is 5.84. The van der Waals surface area contributed by atoms with Gasteiger partial charge in [0.1, 0.15) is 5.65 Å². The summed E-state index contributed by atoms with van der Waals surface area (Å²) in [4.78, 5) is 43.3. The second-order valence-corrected chi connectivity index (χ2v) is 8.08. The largest absolute Gasteiger partial charge is 0.326 e. The summed E-state index contributed by atoms with van der Waals surface area (Å²) in [5.74, 6) is -0.763. The second kappa shape index (κ2) is 8.35. The molecule has 3 amide bonds. The predicted molar refractivity (Wildman–Crippen MR) is 125 cm³/mol. The van der Waals surface area contributed by atoms with Crippen molar-refractivity contribution in [2.45, 2.75) is 19.8 Å². The minimum atomic E-state index is -0.299. The number of hydrogen-bond acceptors (Lipinski definition) is 4. The summed E-state index contributed by atoms with van der Waals surface area (Å²) in [5.41, 5.74) is 5.09. The van der Waals surface area contributed by atoms with Crippen LogP contribution in [0.3, 0.4) is 0 Å². The van der Waals surface area contributed by atoms with E-state index in [1.165, 1.54) is 4.90 Å². The zero-order valence-electron chi connectivity index (χ0n) is 18.1. The maximum atomic E-state index is 12.6. The molecule has 33 heavy (non-hydrogen) atoms. The van der Waals surface area contributed by atoms with E-state index in [9.17, 15) is 14.4 Å². The fourth-order valence-corrected chi connectivity index (χ4v) is 4.04.